The number of rotatable bonds is 10. The molecule has 0 aliphatic carbocycles. The van der Waals surface area contributed by atoms with E-state index < -0.39 is 78.8 Å². The molecule has 16 nitrogen and oxygen atoms in total. The van der Waals surface area contributed by atoms with Crippen LogP contribution < -0.4 is 31.3 Å². The van der Waals surface area contributed by atoms with Crippen molar-refractivity contribution in [3.8, 4) is 5.75 Å². The molecule has 316 valence electrons. The van der Waals surface area contributed by atoms with Crippen LogP contribution >= 0.6 is 0 Å². The van der Waals surface area contributed by atoms with E-state index in [0.717, 1.165) is 16.5 Å². The van der Waals surface area contributed by atoms with E-state index in [0.29, 0.717) is 11.3 Å². The van der Waals surface area contributed by atoms with Crippen molar-refractivity contribution < 1.29 is 43.0 Å². The third-order valence-electron chi connectivity index (χ3n) is 10.3. The Bertz CT molecular complexity index is 2110. The Morgan fingerprint density at radius 2 is 1.47 bits per heavy atom. The lowest BCUT2D eigenvalue weighted by atomic mass is 9.99. The lowest BCUT2D eigenvalue weighted by Gasteiger charge is -2.32. The predicted molar refractivity (Wildman–Crippen MR) is 219 cm³/mol. The first-order valence-electron chi connectivity index (χ1n) is 19.8. The molecule has 1 aliphatic heterocycles. The van der Waals surface area contributed by atoms with Gasteiger partial charge in [-0.1, -0.05) is 58.0 Å². The summed E-state index contributed by atoms with van der Waals surface area (Å²) in [5.41, 5.74) is 2.24. The monoisotopic (exact) mass is 813 g/mol. The Kier molecular flexibility index (Phi) is 14.9. The average Bonchev–Trinajstić information content (AvgIpc) is 3.86. The highest BCUT2D eigenvalue weighted by Gasteiger charge is 2.34. The van der Waals surface area contributed by atoms with Crippen LogP contribution in [0.2, 0.25) is 0 Å². The molecule has 2 aromatic heterocycles. The van der Waals surface area contributed by atoms with Crippen LogP contribution in [0.5, 0.6) is 5.75 Å². The molecule has 59 heavy (non-hydrogen) atoms. The number of methoxy groups -OCH3 is 1. The van der Waals surface area contributed by atoms with E-state index in [1.807, 2.05) is 52.0 Å². The zero-order chi connectivity index (χ0) is 42.8. The van der Waals surface area contributed by atoms with Crippen LogP contribution in [0.1, 0.15) is 68.5 Å². The Morgan fingerprint density at radius 1 is 0.814 bits per heavy atom. The van der Waals surface area contributed by atoms with E-state index in [1.54, 1.807) is 30.5 Å². The minimum Gasteiger partial charge on any atom is -0.497 e. The second kappa shape index (κ2) is 20.0. The summed E-state index contributed by atoms with van der Waals surface area (Å²) >= 11 is 0. The molecular formula is C43H55N7O9. The molecule has 0 radical (unpaired) electrons. The van der Waals surface area contributed by atoms with Gasteiger partial charge in [-0.25, -0.2) is 0 Å². The summed E-state index contributed by atoms with van der Waals surface area (Å²) in [5, 5.41) is 24.6. The number of hydrogen-bond acceptors (Lipinski definition) is 9. The van der Waals surface area contributed by atoms with Gasteiger partial charge < -0.3 is 50.7 Å². The molecule has 6 amide bonds. The summed E-state index contributed by atoms with van der Waals surface area (Å²) < 4.78 is 10.8. The number of fused-ring (bicyclic) bond motifs is 1. The number of hydrogen-bond donors (Lipinski definition) is 7. The summed E-state index contributed by atoms with van der Waals surface area (Å²) in [5.74, 6) is -3.61. The molecule has 3 heterocycles. The van der Waals surface area contributed by atoms with Crippen molar-refractivity contribution in [2.75, 3.05) is 20.2 Å². The molecule has 0 bridgehead atoms. The van der Waals surface area contributed by atoms with Crippen LogP contribution in [0.25, 0.3) is 10.9 Å². The molecule has 16 heteroatoms. The molecule has 7 N–H and O–H groups in total. The van der Waals surface area contributed by atoms with Gasteiger partial charge in [0.2, 0.25) is 29.5 Å². The zero-order valence-corrected chi connectivity index (χ0v) is 34.3. The van der Waals surface area contributed by atoms with E-state index >= 15 is 0 Å². The van der Waals surface area contributed by atoms with E-state index in [2.05, 4.69) is 31.6 Å². The van der Waals surface area contributed by atoms with Gasteiger partial charge in [-0.2, -0.15) is 0 Å². The van der Waals surface area contributed by atoms with Crippen molar-refractivity contribution in [3.05, 3.63) is 89.5 Å². The van der Waals surface area contributed by atoms with Crippen LogP contribution in [0.4, 0.5) is 0 Å². The molecule has 1 saturated heterocycles. The van der Waals surface area contributed by atoms with Gasteiger partial charge >= 0.3 is 0 Å². The van der Waals surface area contributed by atoms with Crippen LogP contribution in [0.15, 0.2) is 71.3 Å². The lowest BCUT2D eigenvalue weighted by molar-refractivity contribution is -0.135. The van der Waals surface area contributed by atoms with Gasteiger partial charge in [0.15, 0.2) is 5.76 Å². The number of para-hydroxylation sites is 1. The highest BCUT2D eigenvalue weighted by atomic mass is 16.5. The van der Waals surface area contributed by atoms with Crippen molar-refractivity contribution in [2.45, 2.75) is 90.7 Å². The van der Waals surface area contributed by atoms with Gasteiger partial charge in [0, 0.05) is 42.5 Å². The molecule has 5 rings (SSSR count). The number of aromatic amines is 1. The first-order chi connectivity index (χ1) is 28.1. The Morgan fingerprint density at radius 3 is 2.14 bits per heavy atom. The second-order valence-corrected chi connectivity index (χ2v) is 15.7. The number of furan rings is 1. The minimum atomic E-state index is -1.22. The van der Waals surface area contributed by atoms with Gasteiger partial charge in [-0.3, -0.25) is 28.8 Å². The van der Waals surface area contributed by atoms with Crippen molar-refractivity contribution in [1.82, 2.24) is 36.5 Å². The van der Waals surface area contributed by atoms with E-state index in [1.165, 1.54) is 31.1 Å². The molecule has 2 aromatic carbocycles. The van der Waals surface area contributed by atoms with Crippen molar-refractivity contribution >= 4 is 46.3 Å². The standard InChI is InChI=1S/C43H55N7O9/c1-24(2)17-33-41(55)48-34(18-27-11-13-29(58-6)14-12-27)40(54)45-26(5)39(53)49-36(25(3)4)21-50(43(57)37-16-15-30(23-51)59-37)22-38(52)46-35(42(56)47-33)19-28-20-44-32-10-8-7-9-31(28)32/h7-16,20,24-26,33-36,44,51H,17-19,21-23H2,1-6H3,(H,45,54)(H,46,52)(H,47,56)(H,48,55)(H,49,53)/t26-,33+,34+,35-,36-/m1/s1. The van der Waals surface area contributed by atoms with Crippen molar-refractivity contribution in [1.29, 1.82) is 0 Å². The summed E-state index contributed by atoms with van der Waals surface area (Å²) in [6.45, 7) is 7.78. The van der Waals surface area contributed by atoms with E-state index in [9.17, 15) is 33.9 Å². The van der Waals surface area contributed by atoms with Gasteiger partial charge in [0.25, 0.3) is 5.91 Å². The number of benzene rings is 2. The second-order valence-electron chi connectivity index (χ2n) is 15.7. The number of aliphatic hydroxyl groups excluding tert-OH is 1. The fourth-order valence-corrected chi connectivity index (χ4v) is 6.90. The Hall–Kier alpha value is -6.16. The van der Waals surface area contributed by atoms with Gasteiger partial charge in [0.1, 0.15) is 48.8 Å². The molecule has 1 fully saturated rings. The maximum Gasteiger partial charge on any atom is 0.290 e. The smallest absolute Gasteiger partial charge is 0.290 e. The highest BCUT2D eigenvalue weighted by molar-refractivity contribution is 5.98. The molecule has 0 saturated carbocycles. The van der Waals surface area contributed by atoms with E-state index in [-0.39, 0.29) is 49.2 Å². The highest BCUT2D eigenvalue weighted by Crippen LogP contribution is 2.20. The number of ether oxygens (including phenoxy) is 1. The summed E-state index contributed by atoms with van der Waals surface area (Å²) in [4.78, 5) is 88.7. The third-order valence-corrected chi connectivity index (χ3v) is 10.3. The SMILES string of the molecule is COc1ccc(C[C@@H]2NC(=O)[C@H](CC(C)C)NC(=O)[C@@H](Cc3c[nH]c4ccccc34)NC(=O)CN(C(=O)c3ccc(CO)o3)C[C@H](C(C)C)NC(=O)[C@@H](C)NC2=O)cc1. The van der Waals surface area contributed by atoms with Crippen molar-refractivity contribution in [3.63, 3.8) is 0 Å². The average molecular weight is 814 g/mol. The molecule has 0 spiro atoms. The van der Waals surface area contributed by atoms with Gasteiger partial charge in [-0.15, -0.1) is 0 Å². The predicted octanol–water partition coefficient (Wildman–Crippen LogP) is 2.35. The zero-order valence-electron chi connectivity index (χ0n) is 34.3. The summed E-state index contributed by atoms with van der Waals surface area (Å²) in [6.07, 6.45) is 2.01. The molecule has 1 aliphatic rings. The lowest BCUT2D eigenvalue weighted by Crippen LogP contribution is -2.60. The third kappa shape index (κ3) is 11.7. The first-order valence-corrected chi connectivity index (χ1v) is 19.8. The van der Waals surface area contributed by atoms with Crippen molar-refractivity contribution in [2.24, 2.45) is 11.8 Å². The number of carbonyl (C=O) groups excluding carboxylic acids is 6. The number of aromatic nitrogens is 1. The Labute approximate surface area is 343 Å². The minimum absolute atomic E-state index is 0.0225. The number of H-pyrrole nitrogens is 1. The molecule has 5 atom stereocenters. The number of aliphatic hydroxyl groups is 1. The topological polar surface area (TPSA) is 224 Å². The number of amides is 6. The van der Waals surface area contributed by atoms with E-state index in [4.69, 9.17) is 9.15 Å². The fraction of sp³-hybridized carbons (Fsp3) is 0.442. The van der Waals surface area contributed by atoms with Crippen LogP contribution in [0, 0.1) is 11.8 Å². The van der Waals surface area contributed by atoms with Crippen LogP contribution in [-0.4, -0.2) is 101 Å². The maximum atomic E-state index is 14.4. The molecule has 4 aromatic rings. The quantitative estimate of drug-likeness (QED) is 0.125. The fourth-order valence-electron chi connectivity index (χ4n) is 6.90. The molecular weight excluding hydrogens is 759 g/mol. The van der Waals surface area contributed by atoms with Gasteiger partial charge in [0.05, 0.1) is 7.11 Å². The normalized spacial score (nSPS) is 21.6. The number of nitrogens with one attached hydrogen (secondary N) is 6. The molecule has 0 unspecified atom stereocenters. The summed E-state index contributed by atoms with van der Waals surface area (Å²) in [6, 6.07) is 12.0. The van der Waals surface area contributed by atoms with Crippen LogP contribution in [0.3, 0.4) is 0 Å². The van der Waals surface area contributed by atoms with Crippen LogP contribution in [-0.2, 0) is 43.4 Å². The largest absolute Gasteiger partial charge is 0.497 e. The number of nitrogens with zero attached hydrogens (tertiary/aromatic N) is 1. The first kappa shape index (κ1) is 44.0. The Balaban J connectivity index is 1.55. The van der Waals surface area contributed by atoms with Gasteiger partial charge in [-0.05, 0) is 66.6 Å². The maximum absolute atomic E-state index is 14.4. The number of carbonyl (C=O) groups is 6. The summed E-state index contributed by atoms with van der Waals surface area (Å²) in [7, 11) is 1.53.